The molecule has 1 aromatic heterocycles. The highest BCUT2D eigenvalue weighted by atomic mass is 79.9. The van der Waals surface area contributed by atoms with E-state index in [-0.39, 0.29) is 5.82 Å². The van der Waals surface area contributed by atoms with Crippen LogP contribution in [0, 0.1) is 5.82 Å². The van der Waals surface area contributed by atoms with Gasteiger partial charge >= 0.3 is 0 Å². The van der Waals surface area contributed by atoms with E-state index in [0.717, 1.165) is 42.0 Å². The van der Waals surface area contributed by atoms with E-state index >= 15 is 0 Å². The van der Waals surface area contributed by atoms with Crippen molar-refractivity contribution >= 4 is 15.9 Å². The van der Waals surface area contributed by atoms with Crippen molar-refractivity contribution in [2.45, 2.75) is 19.5 Å². The van der Waals surface area contributed by atoms with Crippen LogP contribution in [0.4, 0.5) is 4.39 Å². The minimum Gasteiger partial charge on any atom is -0.328 e. The molecule has 0 saturated heterocycles. The number of hydrogen-bond donors (Lipinski definition) is 0. The summed E-state index contributed by atoms with van der Waals surface area (Å²) in [7, 11) is 2.11. The van der Waals surface area contributed by atoms with Gasteiger partial charge in [0.05, 0.1) is 5.69 Å². The van der Waals surface area contributed by atoms with Gasteiger partial charge < -0.3 is 4.57 Å². The molecule has 100 valence electrons. The molecule has 2 aromatic rings. The number of aromatic nitrogens is 2. The molecule has 5 heteroatoms. The summed E-state index contributed by atoms with van der Waals surface area (Å²) in [4.78, 5) is 6.88. The Morgan fingerprint density at radius 2 is 2.00 bits per heavy atom. The van der Waals surface area contributed by atoms with Crippen molar-refractivity contribution in [2.24, 2.45) is 0 Å². The third-order valence-corrected chi connectivity index (χ3v) is 4.14. The lowest BCUT2D eigenvalue weighted by Gasteiger charge is -2.25. The maximum Gasteiger partial charge on any atom is 0.129 e. The van der Waals surface area contributed by atoms with Crippen molar-refractivity contribution in [3.05, 3.63) is 51.8 Å². The summed E-state index contributed by atoms with van der Waals surface area (Å²) < 4.78 is 16.1. The Balaban J connectivity index is 1.90. The van der Waals surface area contributed by atoms with E-state index in [1.165, 1.54) is 17.8 Å². The number of fused-ring (bicyclic) bond motifs is 1. The van der Waals surface area contributed by atoms with Crippen molar-refractivity contribution in [2.75, 3.05) is 13.6 Å². The van der Waals surface area contributed by atoms with Crippen LogP contribution >= 0.6 is 15.9 Å². The molecule has 1 aromatic carbocycles. The number of imidazole rings is 1. The third-order valence-electron chi connectivity index (χ3n) is 3.50. The largest absolute Gasteiger partial charge is 0.328 e. The van der Waals surface area contributed by atoms with Crippen LogP contribution in [0.5, 0.6) is 0 Å². The average molecular weight is 324 g/mol. The summed E-state index contributed by atoms with van der Waals surface area (Å²) in [6.45, 7) is 2.91. The number of hydrogen-bond acceptors (Lipinski definition) is 2. The molecule has 1 aliphatic heterocycles. The first-order valence-corrected chi connectivity index (χ1v) is 7.09. The quantitative estimate of drug-likeness (QED) is 0.847. The normalized spacial score (nSPS) is 15.5. The molecule has 0 radical (unpaired) electrons. The van der Waals surface area contributed by atoms with Crippen molar-refractivity contribution < 1.29 is 4.39 Å². The van der Waals surface area contributed by atoms with Crippen molar-refractivity contribution in [1.29, 1.82) is 0 Å². The van der Waals surface area contributed by atoms with Crippen LogP contribution in [0.2, 0.25) is 0 Å². The number of rotatable bonds is 2. The number of halogens is 2. The van der Waals surface area contributed by atoms with Gasteiger partial charge in [-0.05, 0) is 40.7 Å². The fraction of sp³-hybridized carbons (Fsp3) is 0.357. The minimum absolute atomic E-state index is 0.197. The molecule has 0 aliphatic carbocycles. The van der Waals surface area contributed by atoms with E-state index < -0.39 is 0 Å². The summed E-state index contributed by atoms with van der Waals surface area (Å²) in [5, 5.41) is 0. The monoisotopic (exact) mass is 323 g/mol. The van der Waals surface area contributed by atoms with Crippen LogP contribution < -0.4 is 0 Å². The number of nitrogens with zero attached hydrogens (tertiary/aromatic N) is 3. The Hall–Kier alpha value is -1.20. The van der Waals surface area contributed by atoms with E-state index in [2.05, 4.69) is 37.4 Å². The van der Waals surface area contributed by atoms with Gasteiger partial charge in [-0.2, -0.15) is 0 Å². The molecule has 1 aliphatic rings. The Bertz CT molecular complexity index is 591. The Kier molecular flexibility index (Phi) is 3.41. The van der Waals surface area contributed by atoms with Gasteiger partial charge in [0.2, 0.25) is 0 Å². The van der Waals surface area contributed by atoms with E-state index in [0.29, 0.717) is 0 Å². The minimum atomic E-state index is -0.197. The van der Waals surface area contributed by atoms with Crippen LogP contribution in [0.3, 0.4) is 0 Å². The fourth-order valence-electron chi connectivity index (χ4n) is 2.45. The van der Waals surface area contributed by atoms with E-state index in [1.54, 1.807) is 0 Å². The van der Waals surface area contributed by atoms with Crippen molar-refractivity contribution in [3.8, 4) is 0 Å². The summed E-state index contributed by atoms with van der Waals surface area (Å²) >= 11 is 3.54. The molecule has 0 bridgehead atoms. The molecule has 0 saturated carbocycles. The summed E-state index contributed by atoms with van der Waals surface area (Å²) in [5.41, 5.74) is 2.31. The van der Waals surface area contributed by atoms with E-state index in [1.807, 2.05) is 12.1 Å². The van der Waals surface area contributed by atoms with Gasteiger partial charge in [-0.25, -0.2) is 9.37 Å². The second-order valence-corrected chi connectivity index (χ2v) is 5.71. The zero-order chi connectivity index (χ0) is 13.4. The second kappa shape index (κ2) is 5.06. The third kappa shape index (κ3) is 2.58. The number of likely N-dealkylation sites (N-methyl/N-ethyl adjacent to an activating group) is 1. The van der Waals surface area contributed by atoms with Gasteiger partial charge in [0.1, 0.15) is 16.2 Å². The van der Waals surface area contributed by atoms with Gasteiger partial charge in [0.15, 0.2) is 0 Å². The summed E-state index contributed by atoms with van der Waals surface area (Å²) in [6.07, 6.45) is 0.739. The average Bonchev–Trinajstić information content (AvgIpc) is 2.69. The maximum atomic E-state index is 12.9. The molecule has 3 nitrogen and oxygen atoms in total. The molecule has 0 amide bonds. The van der Waals surface area contributed by atoms with E-state index in [4.69, 9.17) is 0 Å². The highest BCUT2D eigenvalue weighted by Gasteiger charge is 2.20. The van der Waals surface area contributed by atoms with Crippen LogP contribution in [-0.2, 0) is 19.5 Å². The van der Waals surface area contributed by atoms with Gasteiger partial charge in [-0.1, -0.05) is 12.1 Å². The molecule has 0 unspecified atom stereocenters. The number of benzene rings is 1. The summed E-state index contributed by atoms with van der Waals surface area (Å²) in [5.74, 6) is 0.846. The lowest BCUT2D eigenvalue weighted by Crippen LogP contribution is -2.31. The first kappa shape index (κ1) is 12.8. The second-order valence-electron chi connectivity index (χ2n) is 4.96. The molecule has 0 N–H and O–H groups in total. The standard InChI is InChI=1S/C14H15BrFN3/c1-18-6-7-19-12(9-18)14(15)17-13(19)8-10-2-4-11(16)5-3-10/h2-5H,6-9H2,1H3. The Labute approximate surface area is 120 Å². The topological polar surface area (TPSA) is 21.1 Å². The first-order valence-electron chi connectivity index (χ1n) is 6.30. The molecule has 0 atom stereocenters. The zero-order valence-electron chi connectivity index (χ0n) is 10.7. The Morgan fingerprint density at radius 3 is 2.74 bits per heavy atom. The van der Waals surface area contributed by atoms with E-state index in [9.17, 15) is 4.39 Å². The van der Waals surface area contributed by atoms with Crippen LogP contribution in [0.15, 0.2) is 28.9 Å². The van der Waals surface area contributed by atoms with Gasteiger partial charge in [0, 0.05) is 26.1 Å². The van der Waals surface area contributed by atoms with Gasteiger partial charge in [-0.3, -0.25) is 4.90 Å². The van der Waals surface area contributed by atoms with Crippen LogP contribution in [0.1, 0.15) is 17.1 Å². The van der Waals surface area contributed by atoms with Gasteiger partial charge in [0.25, 0.3) is 0 Å². The molecular weight excluding hydrogens is 309 g/mol. The van der Waals surface area contributed by atoms with Gasteiger partial charge in [-0.15, -0.1) is 0 Å². The molecule has 2 heterocycles. The lowest BCUT2D eigenvalue weighted by molar-refractivity contribution is 0.267. The Morgan fingerprint density at radius 1 is 1.26 bits per heavy atom. The molecule has 3 rings (SSSR count). The first-order chi connectivity index (χ1) is 9.13. The maximum absolute atomic E-state index is 12.9. The van der Waals surface area contributed by atoms with Crippen LogP contribution in [-0.4, -0.2) is 28.0 Å². The zero-order valence-corrected chi connectivity index (χ0v) is 12.3. The molecular formula is C14H15BrFN3. The molecule has 0 spiro atoms. The smallest absolute Gasteiger partial charge is 0.129 e. The van der Waals surface area contributed by atoms with Crippen molar-refractivity contribution in [3.63, 3.8) is 0 Å². The predicted octanol–water partition coefficient (Wildman–Crippen LogP) is 2.82. The lowest BCUT2D eigenvalue weighted by atomic mass is 10.1. The highest BCUT2D eigenvalue weighted by Crippen LogP contribution is 2.24. The predicted molar refractivity (Wildman–Crippen MR) is 75.5 cm³/mol. The molecule has 19 heavy (non-hydrogen) atoms. The van der Waals surface area contributed by atoms with Crippen molar-refractivity contribution in [1.82, 2.24) is 14.5 Å². The SMILES string of the molecule is CN1CCn2c(Cc3ccc(F)cc3)nc(Br)c2C1. The van der Waals surface area contributed by atoms with Crippen LogP contribution in [0.25, 0.3) is 0 Å². The highest BCUT2D eigenvalue weighted by molar-refractivity contribution is 9.10. The summed E-state index contributed by atoms with van der Waals surface area (Å²) in [6, 6.07) is 6.63. The fourth-order valence-corrected chi connectivity index (χ4v) is 2.99. The molecule has 0 fully saturated rings.